The summed E-state index contributed by atoms with van der Waals surface area (Å²) >= 11 is 9.46. The first-order valence-electron chi connectivity index (χ1n) is 7.04. The summed E-state index contributed by atoms with van der Waals surface area (Å²) in [6.07, 6.45) is 0. The van der Waals surface area contributed by atoms with Crippen molar-refractivity contribution in [3.63, 3.8) is 0 Å². The summed E-state index contributed by atoms with van der Waals surface area (Å²) in [5, 5.41) is 6.52. The minimum Gasteiger partial charge on any atom is -0.357 e. The molecule has 0 radical (unpaired) electrons. The summed E-state index contributed by atoms with van der Waals surface area (Å²) in [5.41, 5.74) is 1.54. The third kappa shape index (κ3) is 3.74. The lowest BCUT2D eigenvalue weighted by Crippen LogP contribution is -2.38. The van der Waals surface area contributed by atoms with Gasteiger partial charge in [-0.15, -0.1) is 11.3 Å². The molecule has 0 spiro atoms. The van der Waals surface area contributed by atoms with E-state index in [9.17, 15) is 4.79 Å². The molecule has 7 heteroatoms. The minimum absolute atomic E-state index is 0.0299. The summed E-state index contributed by atoms with van der Waals surface area (Å²) in [5.74, 6) is 2.04. The Kier molecular flexibility index (Phi) is 5.23. The summed E-state index contributed by atoms with van der Waals surface area (Å²) in [6.45, 7) is 2.22. The van der Waals surface area contributed by atoms with Gasteiger partial charge in [-0.3, -0.25) is 4.79 Å². The lowest BCUT2D eigenvalue weighted by atomic mass is 10.2. The highest BCUT2D eigenvalue weighted by molar-refractivity contribution is 7.99. The number of halogens is 1. The topological polar surface area (TPSA) is 45.2 Å². The molecule has 0 atom stereocenters. The third-order valence-electron chi connectivity index (χ3n) is 3.41. The summed E-state index contributed by atoms with van der Waals surface area (Å²) in [6, 6.07) is 7.70. The van der Waals surface area contributed by atoms with Gasteiger partial charge >= 0.3 is 0 Å². The van der Waals surface area contributed by atoms with E-state index in [1.54, 1.807) is 0 Å². The number of carbonyl (C=O) groups is 1. The van der Waals surface area contributed by atoms with Crippen molar-refractivity contribution < 1.29 is 4.79 Å². The summed E-state index contributed by atoms with van der Waals surface area (Å²) in [7, 11) is 0. The number of hydrogen-bond acceptors (Lipinski definition) is 5. The van der Waals surface area contributed by atoms with Crippen molar-refractivity contribution in [1.29, 1.82) is 0 Å². The zero-order chi connectivity index (χ0) is 15.4. The van der Waals surface area contributed by atoms with Crippen LogP contribution in [0, 0.1) is 0 Å². The van der Waals surface area contributed by atoms with E-state index in [4.69, 9.17) is 11.6 Å². The number of thiazole rings is 1. The number of thioether (sulfide) groups is 1. The Morgan fingerprint density at radius 2 is 2.09 bits per heavy atom. The normalized spacial score (nSPS) is 14.9. The molecule has 0 aliphatic carbocycles. The van der Waals surface area contributed by atoms with Crippen LogP contribution in [0.5, 0.6) is 0 Å². The Balaban J connectivity index is 1.61. The molecule has 0 saturated carbocycles. The van der Waals surface area contributed by atoms with E-state index in [0.717, 1.165) is 40.3 Å². The highest BCUT2D eigenvalue weighted by Crippen LogP contribution is 2.21. The van der Waals surface area contributed by atoms with Gasteiger partial charge in [-0.2, -0.15) is 11.8 Å². The van der Waals surface area contributed by atoms with Crippen LogP contribution in [0.4, 0.5) is 5.13 Å². The van der Waals surface area contributed by atoms with Crippen LogP contribution < -0.4 is 5.32 Å². The van der Waals surface area contributed by atoms with E-state index in [1.807, 2.05) is 46.3 Å². The van der Waals surface area contributed by atoms with Gasteiger partial charge in [0.1, 0.15) is 5.69 Å². The van der Waals surface area contributed by atoms with Crippen molar-refractivity contribution in [2.75, 3.05) is 29.9 Å². The molecule has 1 aromatic heterocycles. The number of nitrogens with one attached hydrogen (secondary N) is 1. The van der Waals surface area contributed by atoms with Crippen molar-refractivity contribution in [1.82, 2.24) is 9.88 Å². The van der Waals surface area contributed by atoms with Gasteiger partial charge in [-0.25, -0.2) is 4.98 Å². The van der Waals surface area contributed by atoms with Gasteiger partial charge in [0.15, 0.2) is 5.13 Å². The molecular formula is C15H16ClN3OS2. The van der Waals surface area contributed by atoms with Crippen molar-refractivity contribution in [2.45, 2.75) is 6.54 Å². The second kappa shape index (κ2) is 7.35. The first-order chi connectivity index (χ1) is 10.7. The number of benzene rings is 1. The predicted molar refractivity (Wildman–Crippen MR) is 94.1 cm³/mol. The molecule has 1 aliphatic rings. The SMILES string of the molecule is O=C(c1csc(NCc2ccccc2Cl)n1)N1CCSCC1. The molecule has 1 aliphatic heterocycles. The molecule has 2 heterocycles. The highest BCUT2D eigenvalue weighted by atomic mass is 35.5. The van der Waals surface area contributed by atoms with Crippen LogP contribution in [0.15, 0.2) is 29.6 Å². The van der Waals surface area contributed by atoms with Crippen LogP contribution in [0.25, 0.3) is 0 Å². The lowest BCUT2D eigenvalue weighted by Gasteiger charge is -2.25. The molecule has 0 unspecified atom stereocenters. The van der Waals surface area contributed by atoms with E-state index in [2.05, 4.69) is 10.3 Å². The van der Waals surface area contributed by atoms with Crippen LogP contribution in [-0.2, 0) is 6.54 Å². The Morgan fingerprint density at radius 3 is 2.86 bits per heavy atom. The molecule has 1 saturated heterocycles. The largest absolute Gasteiger partial charge is 0.357 e. The standard InChI is InChI=1S/C15H16ClN3OS2/c16-12-4-2-1-3-11(12)9-17-15-18-13(10-22-15)14(20)19-5-7-21-8-6-19/h1-4,10H,5-9H2,(H,17,18). The number of hydrogen-bond donors (Lipinski definition) is 1. The number of carbonyl (C=O) groups excluding carboxylic acids is 1. The second-order valence-electron chi connectivity index (χ2n) is 4.89. The molecule has 22 heavy (non-hydrogen) atoms. The zero-order valence-corrected chi connectivity index (χ0v) is 14.3. The monoisotopic (exact) mass is 353 g/mol. The maximum Gasteiger partial charge on any atom is 0.273 e. The average molecular weight is 354 g/mol. The van der Waals surface area contributed by atoms with Crippen molar-refractivity contribution in [3.8, 4) is 0 Å². The van der Waals surface area contributed by atoms with E-state index >= 15 is 0 Å². The van der Waals surface area contributed by atoms with Gasteiger partial charge in [-0.1, -0.05) is 29.8 Å². The van der Waals surface area contributed by atoms with E-state index < -0.39 is 0 Å². The fraction of sp³-hybridized carbons (Fsp3) is 0.333. The summed E-state index contributed by atoms with van der Waals surface area (Å²) in [4.78, 5) is 18.6. The number of anilines is 1. The first kappa shape index (κ1) is 15.6. The molecule has 116 valence electrons. The Morgan fingerprint density at radius 1 is 1.32 bits per heavy atom. The Hall–Kier alpha value is -1.24. The predicted octanol–water partition coefficient (Wildman–Crippen LogP) is 3.60. The molecule has 1 N–H and O–H groups in total. The maximum atomic E-state index is 12.4. The molecule has 1 amide bonds. The number of rotatable bonds is 4. The molecule has 3 rings (SSSR count). The van der Waals surface area contributed by atoms with E-state index in [0.29, 0.717) is 12.2 Å². The van der Waals surface area contributed by atoms with Gasteiger partial charge in [-0.05, 0) is 11.6 Å². The van der Waals surface area contributed by atoms with E-state index in [-0.39, 0.29) is 5.91 Å². The molecule has 4 nitrogen and oxygen atoms in total. The van der Waals surface area contributed by atoms with Crippen molar-refractivity contribution in [2.24, 2.45) is 0 Å². The van der Waals surface area contributed by atoms with Crippen LogP contribution in [0.1, 0.15) is 16.1 Å². The average Bonchev–Trinajstić information content (AvgIpc) is 3.03. The number of nitrogens with zero attached hydrogens (tertiary/aromatic N) is 2. The highest BCUT2D eigenvalue weighted by Gasteiger charge is 2.20. The fourth-order valence-electron chi connectivity index (χ4n) is 2.19. The molecular weight excluding hydrogens is 338 g/mol. The minimum atomic E-state index is 0.0299. The molecule has 2 aromatic rings. The van der Waals surface area contributed by atoms with Crippen molar-refractivity contribution >= 4 is 45.7 Å². The van der Waals surface area contributed by atoms with Gasteiger partial charge in [0.2, 0.25) is 0 Å². The number of amides is 1. The Bertz CT molecular complexity index is 656. The Labute approximate surface area is 142 Å². The van der Waals surface area contributed by atoms with Crippen LogP contribution in [-0.4, -0.2) is 40.4 Å². The van der Waals surface area contributed by atoms with Crippen LogP contribution in [0.3, 0.4) is 0 Å². The molecule has 1 aromatic carbocycles. The second-order valence-corrected chi connectivity index (χ2v) is 7.38. The fourth-order valence-corrected chi connectivity index (χ4v) is 3.98. The van der Waals surface area contributed by atoms with Gasteiger partial charge in [0, 0.05) is 41.5 Å². The third-order valence-corrected chi connectivity index (χ3v) is 5.52. The van der Waals surface area contributed by atoms with Gasteiger partial charge in [0.05, 0.1) is 0 Å². The maximum absolute atomic E-state index is 12.4. The lowest BCUT2D eigenvalue weighted by molar-refractivity contribution is 0.0767. The molecule has 1 fully saturated rings. The zero-order valence-electron chi connectivity index (χ0n) is 11.9. The first-order valence-corrected chi connectivity index (χ1v) is 9.45. The van der Waals surface area contributed by atoms with Crippen LogP contribution >= 0.6 is 34.7 Å². The smallest absolute Gasteiger partial charge is 0.273 e. The van der Waals surface area contributed by atoms with E-state index in [1.165, 1.54) is 11.3 Å². The summed E-state index contributed by atoms with van der Waals surface area (Å²) < 4.78 is 0. The molecule has 0 bridgehead atoms. The van der Waals surface area contributed by atoms with Gasteiger partial charge < -0.3 is 10.2 Å². The van der Waals surface area contributed by atoms with Crippen LogP contribution in [0.2, 0.25) is 5.02 Å². The van der Waals surface area contributed by atoms with Crippen molar-refractivity contribution in [3.05, 3.63) is 45.9 Å². The van der Waals surface area contributed by atoms with Gasteiger partial charge in [0.25, 0.3) is 5.91 Å². The quantitative estimate of drug-likeness (QED) is 0.912. The number of aromatic nitrogens is 1.